The Balaban J connectivity index is 1.87. The van der Waals surface area contributed by atoms with Crippen molar-refractivity contribution in [2.75, 3.05) is 0 Å². The Morgan fingerprint density at radius 2 is 1.95 bits per heavy atom. The zero-order chi connectivity index (χ0) is 14.8. The number of aromatic nitrogens is 2. The molecular weight excluding hydrogens is 260 g/mol. The minimum absolute atomic E-state index is 0.112. The fourth-order valence-corrected chi connectivity index (χ4v) is 4.72. The van der Waals surface area contributed by atoms with Crippen molar-refractivity contribution in [2.45, 2.75) is 51.5 Å². The first-order valence-corrected chi connectivity index (χ1v) is 7.82. The number of fused-ring (bicyclic) bond motifs is 5. The zero-order valence-corrected chi connectivity index (χ0v) is 12.9. The van der Waals surface area contributed by atoms with Gasteiger partial charge in [-0.05, 0) is 29.7 Å². The van der Waals surface area contributed by atoms with E-state index < -0.39 is 0 Å². The molecule has 3 heteroatoms. The highest BCUT2D eigenvalue weighted by Gasteiger charge is 2.62. The summed E-state index contributed by atoms with van der Waals surface area (Å²) in [6.45, 7) is 7.76. The van der Waals surface area contributed by atoms with Gasteiger partial charge >= 0.3 is 0 Å². The van der Waals surface area contributed by atoms with Crippen LogP contribution in [0.2, 0.25) is 0 Å². The van der Waals surface area contributed by atoms with Crippen LogP contribution in [0, 0.1) is 5.41 Å². The molecule has 3 nitrogen and oxygen atoms in total. The molecule has 0 aliphatic heterocycles. The highest BCUT2D eigenvalue weighted by atomic mass is 16.1. The molecule has 2 aliphatic carbocycles. The maximum absolute atomic E-state index is 12.5. The third-order valence-electron chi connectivity index (χ3n) is 6.29. The molecule has 1 aromatic carbocycles. The van der Waals surface area contributed by atoms with Crippen molar-refractivity contribution in [2.24, 2.45) is 5.41 Å². The number of hydrogen-bond acceptors (Lipinski definition) is 1. The van der Waals surface area contributed by atoms with Gasteiger partial charge in [-0.25, -0.2) is 0 Å². The van der Waals surface area contributed by atoms with Gasteiger partial charge < -0.3 is 0 Å². The molecule has 1 aromatic heterocycles. The lowest BCUT2D eigenvalue weighted by Gasteiger charge is -2.35. The van der Waals surface area contributed by atoms with E-state index in [0.29, 0.717) is 5.92 Å². The van der Waals surface area contributed by atoms with Crippen LogP contribution in [-0.2, 0) is 12.0 Å². The number of nitrogens with one attached hydrogen (secondary N) is 1. The fourth-order valence-electron chi connectivity index (χ4n) is 4.72. The topological polar surface area (TPSA) is 37.8 Å². The van der Waals surface area contributed by atoms with Crippen molar-refractivity contribution in [3.05, 3.63) is 57.5 Å². The second kappa shape index (κ2) is 3.90. The van der Waals surface area contributed by atoms with Crippen molar-refractivity contribution in [1.82, 2.24) is 9.78 Å². The average molecular weight is 282 g/mol. The summed E-state index contributed by atoms with van der Waals surface area (Å²) in [5, 5.41) is 3.09. The highest BCUT2D eigenvalue weighted by molar-refractivity contribution is 5.45. The summed E-state index contributed by atoms with van der Waals surface area (Å²) < 4.78 is 2.11. The van der Waals surface area contributed by atoms with Crippen LogP contribution in [0.5, 0.6) is 0 Å². The molecule has 0 spiro atoms. The van der Waals surface area contributed by atoms with Crippen LogP contribution in [0.3, 0.4) is 0 Å². The summed E-state index contributed by atoms with van der Waals surface area (Å²) in [6.07, 6.45) is 2.33. The van der Waals surface area contributed by atoms with Crippen LogP contribution in [0.1, 0.15) is 56.4 Å². The molecule has 0 saturated heterocycles. The van der Waals surface area contributed by atoms with Gasteiger partial charge in [-0.1, -0.05) is 51.1 Å². The normalized spacial score (nSPS) is 28.8. The summed E-state index contributed by atoms with van der Waals surface area (Å²) in [6, 6.07) is 10.4. The van der Waals surface area contributed by atoms with E-state index in [1.807, 2.05) is 6.07 Å². The molecular formula is C18H22N2O. The predicted molar refractivity (Wildman–Crippen MR) is 83.7 cm³/mol. The number of benzene rings is 1. The molecule has 1 N–H and O–H groups in total. The Kier molecular flexibility index (Phi) is 2.40. The minimum Gasteiger partial charge on any atom is -0.284 e. The summed E-state index contributed by atoms with van der Waals surface area (Å²) >= 11 is 0. The largest absolute Gasteiger partial charge is 0.284 e. The molecule has 110 valence electrons. The third kappa shape index (κ3) is 1.47. The molecule has 2 bridgehead atoms. The van der Waals surface area contributed by atoms with Gasteiger partial charge in [0, 0.05) is 11.0 Å². The SMILES string of the molecule is CC1(C)C2CC[C@]1(C)c1c2c(=O)[nH]n1Cc1ccccc1. The molecule has 0 radical (unpaired) electrons. The Hall–Kier alpha value is -1.77. The Bertz CT molecular complexity index is 753. The molecule has 1 unspecified atom stereocenters. The molecule has 1 saturated carbocycles. The van der Waals surface area contributed by atoms with E-state index in [1.54, 1.807) is 0 Å². The van der Waals surface area contributed by atoms with Gasteiger partial charge in [0.25, 0.3) is 5.56 Å². The standard InChI is InChI=1S/C18H22N2O/c1-17(2)13-9-10-18(17,3)15-14(13)16(21)19-20(15)11-12-7-5-4-6-8-12/h4-8,13H,9-11H2,1-3H3,(H,19,21)/t13?,18-/m1/s1. The summed E-state index contributed by atoms with van der Waals surface area (Å²) in [4.78, 5) is 12.5. The van der Waals surface area contributed by atoms with Gasteiger partial charge in [0.2, 0.25) is 0 Å². The van der Waals surface area contributed by atoms with Crippen molar-refractivity contribution >= 4 is 0 Å². The van der Waals surface area contributed by atoms with E-state index in [1.165, 1.54) is 17.7 Å². The van der Waals surface area contributed by atoms with E-state index in [4.69, 9.17) is 0 Å². The van der Waals surface area contributed by atoms with Gasteiger partial charge in [0.15, 0.2) is 0 Å². The summed E-state index contributed by atoms with van der Waals surface area (Å²) in [5.74, 6) is 0.415. The molecule has 4 rings (SSSR count). The number of rotatable bonds is 2. The highest BCUT2D eigenvalue weighted by Crippen LogP contribution is 2.66. The monoisotopic (exact) mass is 282 g/mol. The quantitative estimate of drug-likeness (QED) is 0.900. The maximum atomic E-state index is 12.5. The third-order valence-corrected chi connectivity index (χ3v) is 6.29. The molecule has 0 amide bonds. The number of nitrogens with zero attached hydrogens (tertiary/aromatic N) is 1. The Morgan fingerprint density at radius 1 is 1.24 bits per heavy atom. The fraction of sp³-hybridized carbons (Fsp3) is 0.500. The first-order valence-electron chi connectivity index (χ1n) is 7.82. The van der Waals surface area contributed by atoms with Crippen LogP contribution >= 0.6 is 0 Å². The summed E-state index contributed by atoms with van der Waals surface area (Å²) in [7, 11) is 0. The predicted octanol–water partition coefficient (Wildman–Crippen LogP) is 3.40. The summed E-state index contributed by atoms with van der Waals surface area (Å²) in [5.41, 5.74) is 3.98. The lowest BCUT2D eigenvalue weighted by atomic mass is 9.70. The lowest BCUT2D eigenvalue weighted by molar-refractivity contribution is 0.218. The Labute approximate surface area is 125 Å². The van der Waals surface area contributed by atoms with Crippen molar-refractivity contribution in [3.8, 4) is 0 Å². The van der Waals surface area contributed by atoms with Gasteiger partial charge in [0.1, 0.15) is 0 Å². The molecule has 2 aliphatic rings. The van der Waals surface area contributed by atoms with Crippen molar-refractivity contribution in [3.63, 3.8) is 0 Å². The van der Waals surface area contributed by atoms with E-state index in [-0.39, 0.29) is 16.4 Å². The van der Waals surface area contributed by atoms with Gasteiger partial charge in [-0.15, -0.1) is 0 Å². The van der Waals surface area contributed by atoms with Crippen molar-refractivity contribution < 1.29 is 0 Å². The second-order valence-electron chi connectivity index (χ2n) is 7.42. The maximum Gasteiger partial charge on any atom is 0.267 e. The number of aromatic amines is 1. The second-order valence-corrected chi connectivity index (χ2v) is 7.42. The molecule has 2 aromatic rings. The van der Waals surface area contributed by atoms with Crippen molar-refractivity contribution in [1.29, 1.82) is 0 Å². The van der Waals surface area contributed by atoms with Crippen LogP contribution in [0.15, 0.2) is 35.1 Å². The van der Waals surface area contributed by atoms with E-state index in [0.717, 1.165) is 18.5 Å². The first-order chi connectivity index (χ1) is 9.95. The molecule has 2 atom stereocenters. The molecule has 21 heavy (non-hydrogen) atoms. The molecule has 1 heterocycles. The van der Waals surface area contributed by atoms with E-state index in [2.05, 4.69) is 54.8 Å². The first kappa shape index (κ1) is 12.9. The number of H-pyrrole nitrogens is 1. The van der Waals surface area contributed by atoms with Crippen LogP contribution in [-0.4, -0.2) is 9.78 Å². The van der Waals surface area contributed by atoms with Crippen LogP contribution in [0.4, 0.5) is 0 Å². The smallest absolute Gasteiger partial charge is 0.267 e. The van der Waals surface area contributed by atoms with Gasteiger partial charge in [0.05, 0.1) is 12.2 Å². The van der Waals surface area contributed by atoms with Crippen LogP contribution < -0.4 is 5.56 Å². The molecule has 1 fully saturated rings. The lowest BCUT2D eigenvalue weighted by Crippen LogP contribution is -2.34. The minimum atomic E-state index is 0.112. The number of hydrogen-bond donors (Lipinski definition) is 1. The average Bonchev–Trinajstić information content (AvgIpc) is 2.95. The van der Waals surface area contributed by atoms with E-state index in [9.17, 15) is 4.79 Å². The van der Waals surface area contributed by atoms with Gasteiger partial charge in [-0.3, -0.25) is 14.6 Å². The Morgan fingerprint density at radius 3 is 2.67 bits per heavy atom. The van der Waals surface area contributed by atoms with Crippen LogP contribution in [0.25, 0.3) is 0 Å². The zero-order valence-electron chi connectivity index (χ0n) is 12.9. The van der Waals surface area contributed by atoms with E-state index >= 15 is 0 Å². The van der Waals surface area contributed by atoms with Gasteiger partial charge in [-0.2, -0.15) is 0 Å².